The Kier molecular flexibility index (Phi) is 3.08. The van der Waals surface area contributed by atoms with Gasteiger partial charge in [-0.2, -0.15) is 0 Å². The number of aromatic nitrogens is 2. The van der Waals surface area contributed by atoms with Gasteiger partial charge in [0.2, 0.25) is 0 Å². The van der Waals surface area contributed by atoms with Crippen LogP contribution in [0.1, 0.15) is 11.4 Å². The number of fused-ring (bicyclic) bond motifs is 1. The average Bonchev–Trinajstić information content (AvgIpc) is 2.77. The van der Waals surface area contributed by atoms with E-state index in [-0.39, 0.29) is 5.82 Å². The molecule has 1 aliphatic heterocycles. The van der Waals surface area contributed by atoms with Crippen molar-refractivity contribution in [3.63, 3.8) is 0 Å². The van der Waals surface area contributed by atoms with Crippen LogP contribution in [0.2, 0.25) is 0 Å². The van der Waals surface area contributed by atoms with Crippen molar-refractivity contribution in [3.8, 4) is 11.4 Å². The first-order valence-electron chi connectivity index (χ1n) is 6.42. The van der Waals surface area contributed by atoms with Crippen LogP contribution in [0, 0.1) is 5.82 Å². The Morgan fingerprint density at radius 2 is 2.11 bits per heavy atom. The van der Waals surface area contributed by atoms with E-state index >= 15 is 0 Å². The summed E-state index contributed by atoms with van der Waals surface area (Å²) in [6.45, 7) is 2.96. The summed E-state index contributed by atoms with van der Waals surface area (Å²) in [5.74, 6) is 0.458. The zero-order chi connectivity index (χ0) is 13.4. The van der Waals surface area contributed by atoms with Gasteiger partial charge >= 0.3 is 0 Å². The molecule has 0 saturated carbocycles. The van der Waals surface area contributed by atoms with Crippen molar-refractivity contribution in [2.45, 2.75) is 19.6 Å². The predicted octanol–water partition coefficient (Wildman–Crippen LogP) is 1.59. The summed E-state index contributed by atoms with van der Waals surface area (Å²) in [5.41, 5.74) is 8.28. The minimum absolute atomic E-state index is 0.238. The number of hydrogen-bond donors (Lipinski definition) is 1. The summed E-state index contributed by atoms with van der Waals surface area (Å²) in [4.78, 5) is 6.77. The molecule has 0 fully saturated rings. The summed E-state index contributed by atoms with van der Waals surface area (Å²) >= 11 is 0. The van der Waals surface area contributed by atoms with Gasteiger partial charge in [-0.3, -0.25) is 4.90 Å². The molecule has 3 rings (SSSR count). The minimum atomic E-state index is -0.238. The second kappa shape index (κ2) is 4.75. The van der Waals surface area contributed by atoms with E-state index in [2.05, 4.69) is 21.5 Å². The Bertz CT molecular complexity index is 605. The Morgan fingerprint density at radius 1 is 1.32 bits per heavy atom. The van der Waals surface area contributed by atoms with Crippen molar-refractivity contribution >= 4 is 0 Å². The van der Waals surface area contributed by atoms with Gasteiger partial charge in [0, 0.05) is 26.2 Å². The number of likely N-dealkylation sites (N-methyl/N-ethyl adjacent to an activating group) is 1. The summed E-state index contributed by atoms with van der Waals surface area (Å²) in [5, 5.41) is 0. The molecule has 1 aliphatic rings. The average molecular weight is 260 g/mol. The first-order valence-corrected chi connectivity index (χ1v) is 6.42. The van der Waals surface area contributed by atoms with E-state index in [0.717, 1.165) is 31.0 Å². The molecular weight excluding hydrogens is 243 g/mol. The van der Waals surface area contributed by atoms with Crippen molar-refractivity contribution in [2.75, 3.05) is 13.6 Å². The van der Waals surface area contributed by atoms with E-state index in [1.54, 1.807) is 12.1 Å². The largest absolute Gasteiger partial charge is 0.325 e. The molecule has 2 N–H and O–H groups in total. The second-order valence-electron chi connectivity index (χ2n) is 4.90. The lowest BCUT2D eigenvalue weighted by Crippen LogP contribution is -2.31. The number of imidazole rings is 1. The molecule has 100 valence electrons. The maximum absolute atomic E-state index is 13.9. The Balaban J connectivity index is 2.16. The van der Waals surface area contributed by atoms with Gasteiger partial charge in [-0.15, -0.1) is 0 Å². The molecular formula is C14H17FN4. The molecule has 0 aliphatic carbocycles. The Hall–Kier alpha value is -1.72. The van der Waals surface area contributed by atoms with Gasteiger partial charge in [-0.1, -0.05) is 12.1 Å². The maximum Gasteiger partial charge on any atom is 0.143 e. The van der Waals surface area contributed by atoms with Crippen molar-refractivity contribution in [1.29, 1.82) is 0 Å². The van der Waals surface area contributed by atoms with Crippen LogP contribution in [0.3, 0.4) is 0 Å². The van der Waals surface area contributed by atoms with Crippen LogP contribution in [-0.4, -0.2) is 28.0 Å². The third-order valence-electron chi connectivity index (χ3n) is 3.59. The van der Waals surface area contributed by atoms with E-state index in [1.807, 2.05) is 6.07 Å². The smallest absolute Gasteiger partial charge is 0.143 e. The molecule has 4 nitrogen and oxygen atoms in total. The molecule has 0 saturated heterocycles. The van der Waals surface area contributed by atoms with Gasteiger partial charge in [0.15, 0.2) is 0 Å². The van der Waals surface area contributed by atoms with Gasteiger partial charge < -0.3 is 10.3 Å². The van der Waals surface area contributed by atoms with E-state index in [1.165, 1.54) is 6.07 Å². The van der Waals surface area contributed by atoms with Crippen LogP contribution in [0.25, 0.3) is 11.4 Å². The third-order valence-corrected chi connectivity index (χ3v) is 3.59. The van der Waals surface area contributed by atoms with Crippen molar-refractivity contribution in [2.24, 2.45) is 5.73 Å². The molecule has 0 amide bonds. The maximum atomic E-state index is 13.9. The van der Waals surface area contributed by atoms with Crippen LogP contribution in [0.4, 0.5) is 4.39 Å². The van der Waals surface area contributed by atoms with Crippen LogP contribution in [-0.2, 0) is 19.6 Å². The van der Waals surface area contributed by atoms with Crippen LogP contribution < -0.4 is 5.73 Å². The molecule has 0 bridgehead atoms. The molecule has 0 atom stereocenters. The summed E-state index contributed by atoms with van der Waals surface area (Å²) in [6, 6.07) is 6.76. The fraction of sp³-hybridized carbons (Fsp3) is 0.357. The fourth-order valence-electron chi connectivity index (χ4n) is 2.57. The standard InChI is InChI=1S/C14H17FN4/c1-18-6-7-19-13(9-18)12(8-16)17-14(19)10-4-2-3-5-11(10)15/h2-5H,6-9,16H2,1H3. The highest BCUT2D eigenvalue weighted by atomic mass is 19.1. The van der Waals surface area contributed by atoms with Crippen LogP contribution in [0.5, 0.6) is 0 Å². The molecule has 1 aromatic carbocycles. The topological polar surface area (TPSA) is 47.1 Å². The third kappa shape index (κ3) is 2.05. The van der Waals surface area contributed by atoms with E-state index < -0.39 is 0 Å². The Morgan fingerprint density at radius 3 is 2.84 bits per heavy atom. The van der Waals surface area contributed by atoms with Gasteiger partial charge in [-0.25, -0.2) is 9.37 Å². The number of rotatable bonds is 2. The highest BCUT2D eigenvalue weighted by Gasteiger charge is 2.23. The number of hydrogen-bond acceptors (Lipinski definition) is 3. The monoisotopic (exact) mass is 260 g/mol. The summed E-state index contributed by atoms with van der Waals surface area (Å²) in [7, 11) is 2.07. The number of benzene rings is 1. The molecule has 2 heterocycles. The van der Waals surface area contributed by atoms with E-state index in [4.69, 9.17) is 5.73 Å². The molecule has 0 spiro atoms. The highest BCUT2D eigenvalue weighted by molar-refractivity contribution is 5.58. The van der Waals surface area contributed by atoms with E-state index in [0.29, 0.717) is 17.9 Å². The molecule has 2 aromatic rings. The van der Waals surface area contributed by atoms with Gasteiger partial charge in [0.05, 0.1) is 17.0 Å². The number of nitrogens with two attached hydrogens (primary N) is 1. The summed E-state index contributed by atoms with van der Waals surface area (Å²) < 4.78 is 16.0. The molecule has 0 radical (unpaired) electrons. The molecule has 1 aromatic heterocycles. The van der Waals surface area contributed by atoms with Crippen LogP contribution >= 0.6 is 0 Å². The summed E-state index contributed by atoms with van der Waals surface area (Å²) in [6.07, 6.45) is 0. The van der Waals surface area contributed by atoms with Gasteiger partial charge in [0.1, 0.15) is 11.6 Å². The van der Waals surface area contributed by atoms with Crippen molar-refractivity contribution < 1.29 is 4.39 Å². The molecule has 5 heteroatoms. The van der Waals surface area contributed by atoms with Crippen LogP contribution in [0.15, 0.2) is 24.3 Å². The zero-order valence-electron chi connectivity index (χ0n) is 10.9. The predicted molar refractivity (Wildman–Crippen MR) is 71.8 cm³/mol. The first-order chi connectivity index (χ1) is 9.20. The Labute approximate surface area is 111 Å². The lowest BCUT2D eigenvalue weighted by atomic mass is 10.2. The quantitative estimate of drug-likeness (QED) is 0.892. The molecule has 19 heavy (non-hydrogen) atoms. The first kappa shape index (κ1) is 12.3. The van der Waals surface area contributed by atoms with E-state index in [9.17, 15) is 4.39 Å². The minimum Gasteiger partial charge on any atom is -0.325 e. The molecule has 0 unspecified atom stereocenters. The SMILES string of the molecule is CN1CCn2c(-c3ccccc3F)nc(CN)c2C1. The second-order valence-corrected chi connectivity index (χ2v) is 4.90. The fourth-order valence-corrected chi connectivity index (χ4v) is 2.57. The van der Waals surface area contributed by atoms with Crippen molar-refractivity contribution in [1.82, 2.24) is 14.5 Å². The lowest BCUT2D eigenvalue weighted by Gasteiger charge is -2.25. The highest BCUT2D eigenvalue weighted by Crippen LogP contribution is 2.27. The normalized spacial score (nSPS) is 15.5. The van der Waals surface area contributed by atoms with Gasteiger partial charge in [0.25, 0.3) is 0 Å². The van der Waals surface area contributed by atoms with Gasteiger partial charge in [-0.05, 0) is 19.2 Å². The lowest BCUT2D eigenvalue weighted by molar-refractivity contribution is 0.269. The zero-order valence-corrected chi connectivity index (χ0v) is 10.9. The number of halogens is 1. The number of nitrogens with zero attached hydrogens (tertiary/aromatic N) is 3. The van der Waals surface area contributed by atoms with Crippen molar-refractivity contribution in [3.05, 3.63) is 41.5 Å².